The fourth-order valence-electron chi connectivity index (χ4n) is 4.36. The van der Waals surface area contributed by atoms with E-state index in [1.807, 2.05) is 56.0 Å². The molecule has 9 heteroatoms. The van der Waals surface area contributed by atoms with Crippen molar-refractivity contribution in [2.24, 2.45) is 0 Å². The summed E-state index contributed by atoms with van der Waals surface area (Å²) >= 11 is 7.95. The van der Waals surface area contributed by atoms with Crippen LogP contribution in [0.2, 0.25) is 5.02 Å². The lowest BCUT2D eigenvalue weighted by Crippen LogP contribution is -2.52. The number of non-ortho nitro benzene ring substituents is 1. The van der Waals surface area contributed by atoms with Crippen molar-refractivity contribution in [3.63, 3.8) is 0 Å². The predicted octanol–water partition coefficient (Wildman–Crippen LogP) is 5.72. The maximum absolute atomic E-state index is 13.7. The molecule has 3 aromatic rings. The van der Waals surface area contributed by atoms with Gasteiger partial charge in [-0.05, 0) is 55.8 Å². The highest BCUT2D eigenvalue weighted by Crippen LogP contribution is 2.38. The number of benzene rings is 2. The van der Waals surface area contributed by atoms with Crippen LogP contribution in [-0.4, -0.2) is 45.2 Å². The highest BCUT2D eigenvalue weighted by Gasteiger charge is 2.37. The Hall–Kier alpha value is -3.23. The first-order chi connectivity index (χ1) is 16.6. The number of halogens is 1. The molecule has 0 aliphatic carbocycles. The van der Waals surface area contributed by atoms with E-state index in [0.29, 0.717) is 6.54 Å². The van der Waals surface area contributed by atoms with E-state index in [0.717, 1.165) is 23.6 Å². The minimum Gasteiger partial charge on any atom is -0.330 e. The summed E-state index contributed by atoms with van der Waals surface area (Å²) in [5.74, 6) is -0.618. The van der Waals surface area contributed by atoms with Gasteiger partial charge in [0.25, 0.3) is 11.6 Å². The normalized spacial score (nSPS) is 15.4. The molecule has 0 fully saturated rings. The van der Waals surface area contributed by atoms with E-state index in [2.05, 4.69) is 11.4 Å². The van der Waals surface area contributed by atoms with Crippen molar-refractivity contribution in [3.8, 4) is 0 Å². The Morgan fingerprint density at radius 1 is 1.17 bits per heavy atom. The Morgan fingerprint density at radius 2 is 1.89 bits per heavy atom. The number of nitro benzene ring substituents is 1. The number of carbonyl (C=O) groups is 2. The largest absolute Gasteiger partial charge is 0.330 e. The van der Waals surface area contributed by atoms with E-state index in [1.165, 1.54) is 21.9 Å². The SMILES string of the molecule is CC(C)(C)N(CC(=O)N1CCc2sccc2[C@H]1c1ccccc1)C(=O)c1ccc([N+](=O)[O-])cc1Cl. The maximum atomic E-state index is 13.7. The lowest BCUT2D eigenvalue weighted by molar-refractivity contribution is -0.384. The van der Waals surface area contributed by atoms with Gasteiger partial charge in [-0.2, -0.15) is 0 Å². The number of thiophene rings is 1. The van der Waals surface area contributed by atoms with Crippen molar-refractivity contribution < 1.29 is 14.5 Å². The zero-order valence-electron chi connectivity index (χ0n) is 19.7. The van der Waals surface area contributed by atoms with Crippen LogP contribution in [0.25, 0.3) is 0 Å². The first-order valence-electron chi connectivity index (χ1n) is 11.2. The number of nitrogens with zero attached hydrogens (tertiary/aromatic N) is 3. The second-order valence-corrected chi connectivity index (χ2v) is 10.8. The van der Waals surface area contributed by atoms with Crippen molar-refractivity contribution in [3.05, 3.63) is 96.7 Å². The van der Waals surface area contributed by atoms with Crippen molar-refractivity contribution in [1.29, 1.82) is 0 Å². The molecular formula is C26H26ClN3O4S. The smallest absolute Gasteiger partial charge is 0.270 e. The molecule has 1 aliphatic heterocycles. The molecule has 182 valence electrons. The Bertz CT molecular complexity index is 1270. The number of rotatable bonds is 5. The molecule has 2 heterocycles. The fraction of sp³-hybridized carbons (Fsp3) is 0.308. The Morgan fingerprint density at radius 3 is 2.51 bits per heavy atom. The molecule has 2 aromatic carbocycles. The van der Waals surface area contributed by atoms with Crippen LogP contribution < -0.4 is 0 Å². The van der Waals surface area contributed by atoms with Gasteiger partial charge in [-0.15, -0.1) is 11.3 Å². The van der Waals surface area contributed by atoms with Gasteiger partial charge in [0.05, 0.1) is 21.6 Å². The third-order valence-corrected chi connectivity index (χ3v) is 7.45. The third-order valence-electron chi connectivity index (χ3n) is 6.14. The molecule has 0 saturated carbocycles. The van der Waals surface area contributed by atoms with Crippen LogP contribution in [-0.2, 0) is 11.2 Å². The first-order valence-corrected chi connectivity index (χ1v) is 12.5. The number of fused-ring (bicyclic) bond motifs is 1. The van der Waals surface area contributed by atoms with E-state index < -0.39 is 16.4 Å². The highest BCUT2D eigenvalue weighted by atomic mass is 35.5. The van der Waals surface area contributed by atoms with E-state index in [1.54, 1.807) is 11.3 Å². The van der Waals surface area contributed by atoms with E-state index in [-0.39, 0.29) is 34.8 Å². The topological polar surface area (TPSA) is 83.8 Å². The number of amides is 2. The van der Waals surface area contributed by atoms with Gasteiger partial charge in [-0.1, -0.05) is 41.9 Å². The standard InChI is InChI=1S/C26H26ClN3O4S/c1-26(2,3)29(25(32)19-10-9-18(30(33)34)15-21(19)27)16-23(31)28-13-11-22-20(12-14-35-22)24(28)17-7-5-4-6-8-17/h4-10,12,14-15,24H,11,13,16H2,1-3H3/t24-/m1/s1. The van der Waals surface area contributed by atoms with E-state index in [9.17, 15) is 19.7 Å². The van der Waals surface area contributed by atoms with Gasteiger partial charge < -0.3 is 9.80 Å². The van der Waals surface area contributed by atoms with Crippen LogP contribution in [0.5, 0.6) is 0 Å². The summed E-state index contributed by atoms with van der Waals surface area (Å²) in [5, 5.41) is 13.1. The molecule has 0 saturated heterocycles. The summed E-state index contributed by atoms with van der Waals surface area (Å²) < 4.78 is 0. The van der Waals surface area contributed by atoms with Gasteiger partial charge in [0.15, 0.2) is 0 Å². The average molecular weight is 512 g/mol. The monoisotopic (exact) mass is 511 g/mol. The highest BCUT2D eigenvalue weighted by molar-refractivity contribution is 7.10. The summed E-state index contributed by atoms with van der Waals surface area (Å²) in [6.45, 7) is 5.95. The molecule has 4 rings (SSSR count). The second-order valence-electron chi connectivity index (χ2n) is 9.43. The predicted molar refractivity (Wildman–Crippen MR) is 137 cm³/mol. The Kier molecular flexibility index (Phi) is 6.96. The van der Waals surface area contributed by atoms with Crippen LogP contribution in [0, 0.1) is 10.1 Å². The average Bonchev–Trinajstić information content (AvgIpc) is 3.30. The Balaban J connectivity index is 1.65. The number of hydrogen-bond acceptors (Lipinski definition) is 5. The maximum Gasteiger partial charge on any atom is 0.270 e. The molecule has 0 unspecified atom stereocenters. The number of carbonyl (C=O) groups excluding carboxylic acids is 2. The van der Waals surface area contributed by atoms with Crippen LogP contribution in [0.4, 0.5) is 5.69 Å². The summed E-state index contributed by atoms with van der Waals surface area (Å²) in [6.07, 6.45) is 0.764. The molecule has 0 bridgehead atoms. The van der Waals surface area contributed by atoms with Crippen LogP contribution in [0.1, 0.15) is 53.2 Å². The van der Waals surface area contributed by atoms with Crippen LogP contribution >= 0.6 is 22.9 Å². The van der Waals surface area contributed by atoms with Crippen LogP contribution in [0.3, 0.4) is 0 Å². The first kappa shape index (κ1) is 24.9. The summed E-state index contributed by atoms with van der Waals surface area (Å²) in [5.41, 5.74) is 1.37. The van der Waals surface area contributed by atoms with Gasteiger partial charge in [-0.3, -0.25) is 19.7 Å². The van der Waals surface area contributed by atoms with E-state index in [4.69, 9.17) is 11.6 Å². The molecule has 0 N–H and O–H groups in total. The lowest BCUT2D eigenvalue weighted by atomic mass is 9.93. The summed E-state index contributed by atoms with van der Waals surface area (Å²) in [6, 6.07) is 15.5. The van der Waals surface area contributed by atoms with Gasteiger partial charge in [0, 0.05) is 29.1 Å². The molecule has 1 aliphatic rings. The van der Waals surface area contributed by atoms with Crippen LogP contribution in [0.15, 0.2) is 60.0 Å². The summed E-state index contributed by atoms with van der Waals surface area (Å²) in [7, 11) is 0. The lowest BCUT2D eigenvalue weighted by Gasteiger charge is -2.40. The zero-order valence-corrected chi connectivity index (χ0v) is 21.3. The number of hydrogen-bond donors (Lipinski definition) is 0. The molecule has 7 nitrogen and oxygen atoms in total. The van der Waals surface area contributed by atoms with Crippen molar-refractivity contribution in [1.82, 2.24) is 9.80 Å². The fourth-order valence-corrected chi connectivity index (χ4v) is 5.52. The van der Waals surface area contributed by atoms with Crippen molar-refractivity contribution >= 4 is 40.4 Å². The Labute approximate surface area is 213 Å². The molecule has 0 spiro atoms. The van der Waals surface area contributed by atoms with Gasteiger partial charge in [0.1, 0.15) is 6.54 Å². The minimum atomic E-state index is -0.691. The van der Waals surface area contributed by atoms with Gasteiger partial charge in [0.2, 0.25) is 5.91 Å². The molecular weight excluding hydrogens is 486 g/mol. The molecule has 0 radical (unpaired) electrons. The molecule has 2 amide bonds. The summed E-state index contributed by atoms with van der Waals surface area (Å²) in [4.78, 5) is 42.4. The minimum absolute atomic E-state index is 0.0195. The zero-order chi connectivity index (χ0) is 25.3. The third kappa shape index (κ3) is 5.09. The van der Waals surface area contributed by atoms with Crippen molar-refractivity contribution in [2.45, 2.75) is 38.8 Å². The van der Waals surface area contributed by atoms with Crippen molar-refractivity contribution in [2.75, 3.05) is 13.1 Å². The van der Waals surface area contributed by atoms with Gasteiger partial charge in [-0.25, -0.2) is 0 Å². The quantitative estimate of drug-likeness (QED) is 0.323. The van der Waals surface area contributed by atoms with E-state index >= 15 is 0 Å². The molecule has 1 aromatic heterocycles. The van der Waals surface area contributed by atoms with Gasteiger partial charge >= 0.3 is 0 Å². The number of nitro groups is 1. The second kappa shape index (κ2) is 9.79. The molecule has 35 heavy (non-hydrogen) atoms. The molecule has 1 atom stereocenters.